The maximum atomic E-state index is 13.5. The number of rotatable bonds is 11. The first-order valence-electron chi connectivity index (χ1n) is 11.5. The third-order valence-corrected chi connectivity index (χ3v) is 7.17. The van der Waals surface area contributed by atoms with Crippen LogP contribution in [0.2, 0.25) is 10.0 Å². The molecule has 0 aliphatic rings. The Labute approximate surface area is 232 Å². The quantitative estimate of drug-likeness (QED) is 0.107. The lowest BCUT2D eigenvalue weighted by atomic mass is 10.1. The van der Waals surface area contributed by atoms with Crippen LogP contribution >= 0.6 is 35.0 Å². The third kappa shape index (κ3) is 6.75. The number of hydrogen-bond acceptors (Lipinski definition) is 7. The molecular formula is C26H23Cl2FN4O4S. The number of aryl methyl sites for hydroxylation is 1. The van der Waals surface area contributed by atoms with Gasteiger partial charge in [0, 0.05) is 10.6 Å². The molecule has 0 aliphatic heterocycles. The van der Waals surface area contributed by atoms with Crippen LogP contribution < -0.4 is 9.47 Å². The summed E-state index contributed by atoms with van der Waals surface area (Å²) in [6.45, 7) is 3.90. The van der Waals surface area contributed by atoms with Gasteiger partial charge >= 0.3 is 0 Å². The van der Waals surface area contributed by atoms with Gasteiger partial charge < -0.3 is 9.47 Å². The molecule has 12 heteroatoms. The van der Waals surface area contributed by atoms with Crippen molar-refractivity contribution in [1.29, 1.82) is 0 Å². The van der Waals surface area contributed by atoms with Crippen LogP contribution in [0.15, 0.2) is 65.8 Å². The van der Waals surface area contributed by atoms with E-state index in [2.05, 4.69) is 10.2 Å². The molecule has 0 radical (unpaired) electrons. The summed E-state index contributed by atoms with van der Waals surface area (Å²) in [7, 11) is 0. The Morgan fingerprint density at radius 3 is 2.42 bits per heavy atom. The summed E-state index contributed by atoms with van der Waals surface area (Å²) in [6, 6.07) is 16.6. The van der Waals surface area contributed by atoms with Crippen LogP contribution in [0, 0.1) is 22.9 Å². The Kier molecular flexibility index (Phi) is 9.09. The Hall–Kier alpha value is -3.34. The Morgan fingerprint density at radius 1 is 1.08 bits per heavy atom. The monoisotopic (exact) mass is 576 g/mol. The molecule has 0 saturated heterocycles. The van der Waals surface area contributed by atoms with E-state index in [4.69, 9.17) is 32.7 Å². The Bertz CT molecular complexity index is 1410. The number of halogens is 3. The summed E-state index contributed by atoms with van der Waals surface area (Å²) in [5, 5.41) is 20.2. The standard InChI is InChI=1S/C26H23Cl2FN4O4S/c1-3-36-21-9-7-20(8-10-21)33-16(2)30-31-26(33)38-24(14-32(34)35)18-12-22(27)25(23(28)13-18)37-15-17-5-4-6-19(29)11-17/h4-13,24H,3,14-15H2,1-2H3/t24-/m1/s1. The fraction of sp³-hybridized carbons (Fsp3) is 0.231. The van der Waals surface area contributed by atoms with E-state index >= 15 is 0 Å². The molecule has 38 heavy (non-hydrogen) atoms. The van der Waals surface area contributed by atoms with E-state index in [1.54, 1.807) is 31.2 Å². The normalized spacial score (nSPS) is 11.8. The molecule has 1 aromatic heterocycles. The second kappa shape index (κ2) is 12.5. The number of thioether (sulfide) groups is 1. The molecule has 0 aliphatic carbocycles. The Morgan fingerprint density at radius 2 is 1.79 bits per heavy atom. The van der Waals surface area contributed by atoms with E-state index in [1.165, 1.54) is 23.9 Å². The van der Waals surface area contributed by atoms with Crippen LogP contribution in [0.3, 0.4) is 0 Å². The fourth-order valence-corrected chi connectivity index (χ4v) is 5.50. The van der Waals surface area contributed by atoms with Crippen LogP contribution in [0.4, 0.5) is 4.39 Å². The van der Waals surface area contributed by atoms with Crippen LogP contribution in [-0.2, 0) is 6.61 Å². The van der Waals surface area contributed by atoms with Gasteiger partial charge in [-0.3, -0.25) is 14.7 Å². The average molecular weight is 577 g/mol. The van der Waals surface area contributed by atoms with E-state index in [0.717, 1.165) is 11.4 Å². The molecule has 0 amide bonds. The molecule has 0 bridgehead atoms. The molecule has 4 rings (SSSR count). The van der Waals surface area contributed by atoms with E-state index in [1.807, 2.05) is 35.8 Å². The minimum atomic E-state index is -0.678. The SMILES string of the molecule is CCOc1ccc(-n2c(C)nnc2S[C@H](C[N+](=O)[O-])c2cc(Cl)c(OCc3cccc(F)c3)c(Cl)c2)cc1. The van der Waals surface area contributed by atoms with E-state index in [0.29, 0.717) is 28.7 Å². The molecule has 8 nitrogen and oxygen atoms in total. The van der Waals surface area contributed by atoms with Gasteiger partial charge in [0.25, 0.3) is 0 Å². The van der Waals surface area contributed by atoms with Crippen LogP contribution in [0.5, 0.6) is 11.5 Å². The van der Waals surface area contributed by atoms with Gasteiger partial charge in [-0.15, -0.1) is 10.2 Å². The van der Waals surface area contributed by atoms with Crippen molar-refractivity contribution in [2.75, 3.05) is 13.2 Å². The van der Waals surface area contributed by atoms with Gasteiger partial charge in [0.15, 0.2) is 10.9 Å². The number of nitro groups is 1. The second-order valence-electron chi connectivity index (χ2n) is 8.15. The van der Waals surface area contributed by atoms with Crippen molar-refractivity contribution in [2.24, 2.45) is 0 Å². The lowest BCUT2D eigenvalue weighted by Crippen LogP contribution is -2.11. The minimum absolute atomic E-state index is 0.0497. The first-order chi connectivity index (χ1) is 18.2. The lowest BCUT2D eigenvalue weighted by Gasteiger charge is -2.17. The van der Waals surface area contributed by atoms with Crippen LogP contribution in [-0.4, -0.2) is 32.8 Å². The molecule has 198 valence electrons. The predicted octanol–water partition coefficient (Wildman–Crippen LogP) is 7.11. The summed E-state index contributed by atoms with van der Waals surface area (Å²) in [6.07, 6.45) is 0. The summed E-state index contributed by atoms with van der Waals surface area (Å²) in [4.78, 5) is 11.2. The molecular weight excluding hydrogens is 554 g/mol. The number of aromatic nitrogens is 3. The first kappa shape index (κ1) is 27.7. The largest absolute Gasteiger partial charge is 0.494 e. The zero-order chi connectivity index (χ0) is 27.2. The molecule has 0 spiro atoms. The highest BCUT2D eigenvalue weighted by Gasteiger charge is 2.26. The summed E-state index contributed by atoms with van der Waals surface area (Å²) in [5.41, 5.74) is 1.92. The van der Waals surface area contributed by atoms with E-state index < -0.39 is 16.7 Å². The maximum absolute atomic E-state index is 13.5. The highest BCUT2D eigenvalue weighted by atomic mass is 35.5. The summed E-state index contributed by atoms with van der Waals surface area (Å²) in [5.74, 6) is 1.17. The topological polar surface area (TPSA) is 92.3 Å². The highest BCUT2D eigenvalue weighted by Crippen LogP contribution is 2.42. The molecule has 4 aromatic rings. The number of nitrogens with zero attached hydrogens (tertiary/aromatic N) is 4. The molecule has 0 fully saturated rings. The van der Waals surface area contributed by atoms with Crippen molar-refractivity contribution in [3.8, 4) is 17.2 Å². The van der Waals surface area contributed by atoms with Gasteiger partial charge in [-0.1, -0.05) is 47.1 Å². The number of hydrogen-bond donors (Lipinski definition) is 0. The third-order valence-electron chi connectivity index (χ3n) is 5.43. The smallest absolute Gasteiger partial charge is 0.220 e. The summed E-state index contributed by atoms with van der Waals surface area (Å²) >= 11 is 14.1. The van der Waals surface area contributed by atoms with Crippen molar-refractivity contribution in [3.05, 3.63) is 104 Å². The van der Waals surface area contributed by atoms with Gasteiger partial charge in [0.05, 0.1) is 16.7 Å². The maximum Gasteiger partial charge on any atom is 0.220 e. The molecule has 0 unspecified atom stereocenters. The van der Waals surface area contributed by atoms with Crippen LogP contribution in [0.1, 0.15) is 29.1 Å². The Balaban J connectivity index is 1.60. The van der Waals surface area contributed by atoms with Crippen molar-refractivity contribution in [1.82, 2.24) is 14.8 Å². The minimum Gasteiger partial charge on any atom is -0.494 e. The molecule has 0 saturated carbocycles. The van der Waals surface area contributed by atoms with Crippen molar-refractivity contribution in [2.45, 2.75) is 30.9 Å². The zero-order valence-electron chi connectivity index (χ0n) is 20.4. The summed E-state index contributed by atoms with van der Waals surface area (Å²) < 4.78 is 26.5. The zero-order valence-corrected chi connectivity index (χ0v) is 22.8. The second-order valence-corrected chi connectivity index (χ2v) is 10.1. The fourth-order valence-electron chi connectivity index (χ4n) is 3.73. The number of ether oxygens (including phenoxy) is 2. The molecule has 0 N–H and O–H groups in total. The van der Waals surface area contributed by atoms with Gasteiger partial charge in [-0.05, 0) is 73.5 Å². The molecule has 1 atom stereocenters. The first-order valence-corrected chi connectivity index (χ1v) is 13.2. The highest BCUT2D eigenvalue weighted by molar-refractivity contribution is 7.99. The number of benzene rings is 3. The van der Waals surface area contributed by atoms with Gasteiger partial charge in [0.2, 0.25) is 6.54 Å². The van der Waals surface area contributed by atoms with E-state index in [-0.39, 0.29) is 28.2 Å². The van der Waals surface area contributed by atoms with Gasteiger partial charge in [0.1, 0.15) is 29.2 Å². The van der Waals surface area contributed by atoms with Crippen molar-refractivity contribution >= 4 is 35.0 Å². The average Bonchev–Trinajstić information content (AvgIpc) is 3.23. The van der Waals surface area contributed by atoms with Crippen molar-refractivity contribution < 1.29 is 18.8 Å². The van der Waals surface area contributed by atoms with Gasteiger partial charge in [-0.25, -0.2) is 4.39 Å². The molecule has 1 heterocycles. The van der Waals surface area contributed by atoms with E-state index in [9.17, 15) is 14.5 Å². The van der Waals surface area contributed by atoms with Gasteiger partial charge in [-0.2, -0.15) is 0 Å². The predicted molar refractivity (Wildman–Crippen MR) is 145 cm³/mol. The molecule has 3 aromatic carbocycles. The lowest BCUT2D eigenvalue weighted by molar-refractivity contribution is -0.479. The van der Waals surface area contributed by atoms with Crippen LogP contribution in [0.25, 0.3) is 5.69 Å². The van der Waals surface area contributed by atoms with Crippen molar-refractivity contribution in [3.63, 3.8) is 0 Å².